The van der Waals surface area contributed by atoms with Gasteiger partial charge >= 0.3 is 17.8 Å². The van der Waals surface area contributed by atoms with E-state index in [1.165, 1.54) is 24.3 Å². The Hall–Kier alpha value is -3.09. The van der Waals surface area contributed by atoms with Crippen molar-refractivity contribution in [3.63, 3.8) is 0 Å². The minimum absolute atomic E-state index is 0.0781. The van der Waals surface area contributed by atoms with E-state index < -0.39 is 29.5 Å². The first kappa shape index (κ1) is 13.9. The van der Waals surface area contributed by atoms with Crippen LogP contribution in [0.2, 0.25) is 0 Å². The molecule has 1 aliphatic heterocycles. The maximum absolute atomic E-state index is 12.9. The molecule has 4 amide bonds. The Morgan fingerprint density at radius 2 is 0.909 bits per heavy atom. The Kier molecular flexibility index (Phi) is 3.17. The second-order valence-corrected chi connectivity index (χ2v) is 4.52. The molecule has 0 aliphatic carbocycles. The van der Waals surface area contributed by atoms with Gasteiger partial charge in [0.2, 0.25) is 0 Å². The van der Waals surface area contributed by atoms with Gasteiger partial charge in [0.25, 0.3) is 0 Å². The summed E-state index contributed by atoms with van der Waals surface area (Å²) in [4.78, 5) is 37.6. The molecule has 22 heavy (non-hydrogen) atoms. The van der Waals surface area contributed by atoms with Gasteiger partial charge in [0.15, 0.2) is 0 Å². The average molecular weight is 302 g/mol. The summed E-state index contributed by atoms with van der Waals surface area (Å²) in [6.07, 6.45) is 0. The summed E-state index contributed by atoms with van der Waals surface area (Å²) in [5.74, 6) is -3.18. The number of hydrogen-bond donors (Lipinski definition) is 0. The minimum Gasteiger partial charge on any atom is -0.262 e. The molecule has 0 saturated carbocycles. The number of hydrogen-bond acceptors (Lipinski definition) is 3. The Bertz CT molecular complexity index is 707. The van der Waals surface area contributed by atoms with Gasteiger partial charge in [-0.3, -0.25) is 9.59 Å². The second kappa shape index (κ2) is 5.03. The minimum atomic E-state index is -1.05. The summed E-state index contributed by atoms with van der Waals surface area (Å²) in [6.45, 7) is 0. The highest BCUT2D eigenvalue weighted by atomic mass is 19.1. The third kappa shape index (κ3) is 2.12. The number of imide groups is 2. The van der Waals surface area contributed by atoms with Crippen LogP contribution in [0.25, 0.3) is 0 Å². The van der Waals surface area contributed by atoms with E-state index in [2.05, 4.69) is 0 Å². The van der Waals surface area contributed by atoms with Crippen molar-refractivity contribution < 1.29 is 23.2 Å². The number of rotatable bonds is 2. The fraction of sp³-hybridized carbons (Fsp3) is 0. The van der Waals surface area contributed by atoms with Crippen molar-refractivity contribution in [1.82, 2.24) is 0 Å². The first-order valence-electron chi connectivity index (χ1n) is 6.22. The first-order valence-corrected chi connectivity index (χ1v) is 6.22. The molecule has 1 heterocycles. The molecule has 0 atom stereocenters. The normalized spacial score (nSPS) is 14.9. The molecule has 7 heteroatoms. The van der Waals surface area contributed by atoms with E-state index in [0.717, 1.165) is 24.3 Å². The summed E-state index contributed by atoms with van der Waals surface area (Å²) in [7, 11) is 0. The second-order valence-electron chi connectivity index (χ2n) is 4.52. The molecular formula is C15H8F2N2O3. The number of halogens is 2. The standard InChI is InChI=1S/C15H8F2N2O3/c16-9-1-5-11(6-2-9)18-13(20)14(21)19(15(18)22)12-7-3-10(17)4-8-12/h1-8H. The highest BCUT2D eigenvalue weighted by Crippen LogP contribution is 2.27. The van der Waals surface area contributed by atoms with Crippen LogP contribution in [0.4, 0.5) is 25.0 Å². The Morgan fingerprint density at radius 1 is 0.591 bits per heavy atom. The molecule has 1 aliphatic rings. The lowest BCUT2D eigenvalue weighted by Gasteiger charge is -2.15. The molecule has 0 spiro atoms. The summed E-state index contributed by atoms with van der Waals surface area (Å²) in [5, 5.41) is 0. The highest BCUT2D eigenvalue weighted by molar-refractivity contribution is 6.60. The van der Waals surface area contributed by atoms with Crippen LogP contribution in [0, 0.1) is 11.6 Å². The van der Waals surface area contributed by atoms with E-state index >= 15 is 0 Å². The lowest BCUT2D eigenvalue weighted by atomic mass is 10.3. The van der Waals surface area contributed by atoms with E-state index in [4.69, 9.17) is 0 Å². The average Bonchev–Trinajstić information content (AvgIpc) is 2.72. The van der Waals surface area contributed by atoms with E-state index in [1.807, 2.05) is 0 Å². The summed E-state index contributed by atoms with van der Waals surface area (Å²) >= 11 is 0. The van der Waals surface area contributed by atoms with Gasteiger partial charge in [0.1, 0.15) is 11.6 Å². The third-order valence-corrected chi connectivity index (χ3v) is 3.14. The Balaban J connectivity index is 2.00. The van der Waals surface area contributed by atoms with Crippen molar-refractivity contribution in [3.05, 3.63) is 60.2 Å². The van der Waals surface area contributed by atoms with Crippen LogP contribution >= 0.6 is 0 Å². The highest BCUT2D eigenvalue weighted by Gasteiger charge is 2.46. The van der Waals surface area contributed by atoms with E-state index in [0.29, 0.717) is 9.80 Å². The fourth-order valence-corrected chi connectivity index (χ4v) is 2.10. The lowest BCUT2D eigenvalue weighted by Crippen LogP contribution is -2.33. The van der Waals surface area contributed by atoms with E-state index in [-0.39, 0.29) is 11.4 Å². The number of urea groups is 1. The Labute approximate surface area is 123 Å². The molecule has 1 fully saturated rings. The van der Waals surface area contributed by atoms with Crippen LogP contribution in [0.1, 0.15) is 0 Å². The van der Waals surface area contributed by atoms with Crippen molar-refractivity contribution in [1.29, 1.82) is 0 Å². The number of amides is 4. The number of carbonyl (C=O) groups excluding carboxylic acids is 3. The van der Waals surface area contributed by atoms with Gasteiger partial charge in [-0.1, -0.05) is 0 Å². The molecule has 0 N–H and O–H groups in total. The predicted octanol–water partition coefficient (Wildman–Crippen LogP) is 2.46. The third-order valence-electron chi connectivity index (χ3n) is 3.14. The van der Waals surface area contributed by atoms with Gasteiger partial charge in [-0.2, -0.15) is 0 Å². The van der Waals surface area contributed by atoms with Crippen molar-refractivity contribution in [3.8, 4) is 0 Å². The molecule has 5 nitrogen and oxygen atoms in total. The predicted molar refractivity (Wildman–Crippen MR) is 73.2 cm³/mol. The molecule has 1 saturated heterocycles. The van der Waals surface area contributed by atoms with Gasteiger partial charge in [0.05, 0.1) is 11.4 Å². The van der Waals surface area contributed by atoms with Gasteiger partial charge in [-0.05, 0) is 48.5 Å². The topological polar surface area (TPSA) is 57.7 Å². The Morgan fingerprint density at radius 3 is 1.23 bits per heavy atom. The number of benzene rings is 2. The quantitative estimate of drug-likeness (QED) is 0.632. The van der Waals surface area contributed by atoms with E-state index in [1.54, 1.807) is 0 Å². The summed E-state index contributed by atoms with van der Waals surface area (Å²) < 4.78 is 25.8. The van der Waals surface area contributed by atoms with Gasteiger partial charge in [0, 0.05) is 0 Å². The zero-order valence-electron chi connectivity index (χ0n) is 11.0. The summed E-state index contributed by atoms with van der Waals surface area (Å²) in [5.41, 5.74) is 0.156. The zero-order chi connectivity index (χ0) is 15.9. The summed E-state index contributed by atoms with van der Waals surface area (Å²) in [6, 6.07) is 8.25. The van der Waals surface area contributed by atoms with Crippen LogP contribution in [0.5, 0.6) is 0 Å². The van der Waals surface area contributed by atoms with Crippen LogP contribution in [0.3, 0.4) is 0 Å². The van der Waals surface area contributed by atoms with Crippen LogP contribution in [-0.4, -0.2) is 17.8 Å². The SMILES string of the molecule is O=C1C(=O)N(c2ccc(F)cc2)C(=O)N1c1ccc(F)cc1. The van der Waals surface area contributed by atoms with Gasteiger partial charge in [-0.15, -0.1) is 0 Å². The van der Waals surface area contributed by atoms with Crippen LogP contribution in [-0.2, 0) is 9.59 Å². The first-order chi connectivity index (χ1) is 10.5. The molecule has 2 aromatic rings. The largest absolute Gasteiger partial charge is 0.343 e. The molecule has 0 bridgehead atoms. The molecule has 3 rings (SSSR count). The zero-order valence-corrected chi connectivity index (χ0v) is 11.0. The number of nitrogens with zero attached hydrogens (tertiary/aromatic N) is 2. The fourth-order valence-electron chi connectivity index (χ4n) is 2.10. The number of carbonyl (C=O) groups is 3. The van der Waals surface area contributed by atoms with Crippen molar-refractivity contribution in [2.45, 2.75) is 0 Å². The monoisotopic (exact) mass is 302 g/mol. The van der Waals surface area contributed by atoms with Crippen LogP contribution < -0.4 is 9.80 Å². The van der Waals surface area contributed by atoms with Crippen LogP contribution in [0.15, 0.2) is 48.5 Å². The van der Waals surface area contributed by atoms with Crippen molar-refractivity contribution in [2.24, 2.45) is 0 Å². The van der Waals surface area contributed by atoms with Crippen molar-refractivity contribution in [2.75, 3.05) is 9.80 Å². The number of anilines is 2. The molecule has 0 unspecified atom stereocenters. The maximum Gasteiger partial charge on any atom is 0.343 e. The van der Waals surface area contributed by atoms with Gasteiger partial charge in [-0.25, -0.2) is 23.4 Å². The molecular weight excluding hydrogens is 294 g/mol. The molecule has 2 aromatic carbocycles. The van der Waals surface area contributed by atoms with Gasteiger partial charge < -0.3 is 0 Å². The molecule has 110 valence electrons. The maximum atomic E-state index is 12.9. The molecule has 0 radical (unpaired) electrons. The van der Waals surface area contributed by atoms with Crippen molar-refractivity contribution >= 4 is 29.2 Å². The van der Waals surface area contributed by atoms with E-state index in [9.17, 15) is 23.2 Å². The lowest BCUT2D eigenvalue weighted by molar-refractivity contribution is -0.133. The molecule has 0 aromatic heterocycles. The smallest absolute Gasteiger partial charge is 0.262 e.